The normalized spacial score (nSPS) is 18.3. The standard InChI is InChI=1S/C23H29ClN4O3/c1-14(29)10-15-6-4-5-7-16(15)11-20-18(24)13-26-23(28-20)27-19-9-8-17(22(30)25-2)12-21(19)31-3/h8-9,12-13,15-16H,4-7,10-11H2,1-3H3,(H,25,30)(H,26,27,28)/t15-,16-/m0/s1. The fourth-order valence-electron chi connectivity index (χ4n) is 4.25. The van der Waals surface area contributed by atoms with Crippen LogP contribution in [0.25, 0.3) is 0 Å². The molecule has 1 heterocycles. The van der Waals surface area contributed by atoms with Crippen molar-refractivity contribution in [3.05, 3.63) is 40.7 Å². The lowest BCUT2D eigenvalue weighted by atomic mass is 9.75. The first-order valence-electron chi connectivity index (χ1n) is 10.6. The number of carbonyl (C=O) groups excluding carboxylic acids is 2. The van der Waals surface area contributed by atoms with Crippen molar-refractivity contribution in [2.45, 2.75) is 45.4 Å². The maximum atomic E-state index is 11.9. The first kappa shape index (κ1) is 23.0. The van der Waals surface area contributed by atoms with E-state index in [1.165, 1.54) is 12.8 Å². The number of nitrogens with zero attached hydrogens (tertiary/aromatic N) is 2. The van der Waals surface area contributed by atoms with Crippen LogP contribution in [0.2, 0.25) is 5.02 Å². The van der Waals surface area contributed by atoms with Gasteiger partial charge in [0, 0.05) is 19.0 Å². The third-order valence-electron chi connectivity index (χ3n) is 5.83. The molecule has 0 spiro atoms. The number of amides is 1. The number of rotatable bonds is 8. The van der Waals surface area contributed by atoms with Crippen molar-refractivity contribution in [1.82, 2.24) is 15.3 Å². The molecule has 2 aromatic rings. The van der Waals surface area contributed by atoms with Crippen LogP contribution in [0.5, 0.6) is 5.75 Å². The fourth-order valence-corrected chi connectivity index (χ4v) is 4.41. The van der Waals surface area contributed by atoms with Crippen molar-refractivity contribution in [3.63, 3.8) is 0 Å². The van der Waals surface area contributed by atoms with Crippen molar-refractivity contribution < 1.29 is 14.3 Å². The molecule has 8 heteroatoms. The predicted molar refractivity (Wildman–Crippen MR) is 121 cm³/mol. The Hall–Kier alpha value is -2.67. The number of ether oxygens (including phenoxy) is 1. The molecule has 2 atom stereocenters. The summed E-state index contributed by atoms with van der Waals surface area (Å²) in [7, 11) is 3.12. The fraction of sp³-hybridized carbons (Fsp3) is 0.478. The third-order valence-corrected chi connectivity index (χ3v) is 6.14. The van der Waals surface area contributed by atoms with Gasteiger partial charge in [-0.2, -0.15) is 0 Å². The number of methoxy groups -OCH3 is 1. The zero-order valence-corrected chi connectivity index (χ0v) is 19.0. The summed E-state index contributed by atoms with van der Waals surface area (Å²) in [6, 6.07) is 5.12. The van der Waals surface area contributed by atoms with Crippen molar-refractivity contribution in [1.29, 1.82) is 0 Å². The summed E-state index contributed by atoms with van der Waals surface area (Å²) in [5, 5.41) is 6.29. The van der Waals surface area contributed by atoms with Crippen LogP contribution in [0.3, 0.4) is 0 Å². The van der Waals surface area contributed by atoms with Gasteiger partial charge in [0.1, 0.15) is 11.5 Å². The maximum absolute atomic E-state index is 11.9. The van der Waals surface area contributed by atoms with Gasteiger partial charge in [-0.25, -0.2) is 9.97 Å². The average Bonchev–Trinajstić information content (AvgIpc) is 2.76. The Labute approximate surface area is 188 Å². The molecule has 0 unspecified atom stereocenters. The molecule has 31 heavy (non-hydrogen) atoms. The van der Waals surface area contributed by atoms with Crippen molar-refractivity contribution in [3.8, 4) is 5.75 Å². The maximum Gasteiger partial charge on any atom is 0.251 e. The summed E-state index contributed by atoms with van der Waals surface area (Å²) in [5.41, 5.74) is 1.92. The molecule has 1 aliphatic carbocycles. The molecule has 0 aliphatic heterocycles. The zero-order chi connectivity index (χ0) is 22.4. The number of hydrogen-bond acceptors (Lipinski definition) is 6. The van der Waals surface area contributed by atoms with Gasteiger partial charge in [-0.1, -0.05) is 24.4 Å². The highest BCUT2D eigenvalue weighted by molar-refractivity contribution is 6.31. The van der Waals surface area contributed by atoms with Crippen LogP contribution >= 0.6 is 11.6 Å². The predicted octanol–water partition coefficient (Wildman–Crippen LogP) is 4.57. The largest absolute Gasteiger partial charge is 0.495 e. The summed E-state index contributed by atoms with van der Waals surface area (Å²) in [6.07, 6.45) is 7.43. The molecule has 1 saturated carbocycles. The Bertz CT molecular complexity index is 950. The smallest absolute Gasteiger partial charge is 0.251 e. The lowest BCUT2D eigenvalue weighted by Crippen LogP contribution is -2.24. The van der Waals surface area contributed by atoms with E-state index in [-0.39, 0.29) is 11.7 Å². The molecule has 3 rings (SSSR count). The molecule has 1 aliphatic rings. The number of nitrogens with one attached hydrogen (secondary N) is 2. The second kappa shape index (κ2) is 10.6. The second-order valence-electron chi connectivity index (χ2n) is 8.02. The molecule has 0 saturated heterocycles. The second-order valence-corrected chi connectivity index (χ2v) is 8.43. The van der Waals surface area contributed by atoms with E-state index in [1.54, 1.807) is 45.5 Å². The van der Waals surface area contributed by atoms with Gasteiger partial charge in [-0.3, -0.25) is 4.79 Å². The van der Waals surface area contributed by atoms with Gasteiger partial charge < -0.3 is 20.2 Å². The Kier molecular flexibility index (Phi) is 7.85. The number of ketones is 1. The van der Waals surface area contributed by atoms with Crippen molar-refractivity contribution >= 4 is 34.9 Å². The van der Waals surface area contributed by atoms with E-state index in [4.69, 9.17) is 16.3 Å². The van der Waals surface area contributed by atoms with Crippen molar-refractivity contribution in [2.75, 3.05) is 19.5 Å². The molecule has 2 N–H and O–H groups in total. The van der Waals surface area contributed by atoms with E-state index in [0.29, 0.717) is 46.2 Å². The number of aromatic nitrogens is 2. The molecule has 7 nitrogen and oxygen atoms in total. The molecule has 1 amide bonds. The van der Waals surface area contributed by atoms with Crippen LogP contribution in [0.15, 0.2) is 24.4 Å². The Morgan fingerprint density at radius 1 is 1.23 bits per heavy atom. The van der Waals surface area contributed by atoms with Gasteiger partial charge in [0.15, 0.2) is 0 Å². The van der Waals surface area contributed by atoms with E-state index < -0.39 is 0 Å². The highest BCUT2D eigenvalue weighted by Gasteiger charge is 2.27. The topological polar surface area (TPSA) is 93.2 Å². The first-order valence-corrected chi connectivity index (χ1v) is 11.0. The number of anilines is 2. The quantitative estimate of drug-likeness (QED) is 0.619. The van der Waals surface area contributed by atoms with Gasteiger partial charge in [-0.15, -0.1) is 0 Å². The van der Waals surface area contributed by atoms with E-state index in [2.05, 4.69) is 20.6 Å². The first-order chi connectivity index (χ1) is 14.9. The molecule has 1 fully saturated rings. The highest BCUT2D eigenvalue weighted by atomic mass is 35.5. The number of halogens is 1. The third kappa shape index (κ3) is 5.94. The molecular formula is C23H29ClN4O3. The van der Waals surface area contributed by atoms with E-state index >= 15 is 0 Å². The number of Topliss-reactive ketones (excluding diaryl/α,β-unsaturated/α-hetero) is 1. The van der Waals surface area contributed by atoms with Crippen LogP contribution in [0.4, 0.5) is 11.6 Å². The van der Waals surface area contributed by atoms with Gasteiger partial charge in [0.25, 0.3) is 5.91 Å². The molecule has 0 bridgehead atoms. The zero-order valence-electron chi connectivity index (χ0n) is 18.2. The van der Waals surface area contributed by atoms with Crippen molar-refractivity contribution in [2.24, 2.45) is 11.8 Å². The molecule has 166 valence electrons. The molecule has 1 aromatic heterocycles. The lowest BCUT2D eigenvalue weighted by Gasteiger charge is -2.31. The number of benzene rings is 1. The molecule has 0 radical (unpaired) electrons. The SMILES string of the molecule is CNC(=O)c1ccc(Nc2ncc(Cl)c(C[C@@H]3CCCC[C@H]3CC(C)=O)n2)c(OC)c1. The van der Waals surface area contributed by atoms with Crippen LogP contribution in [-0.2, 0) is 11.2 Å². The van der Waals surface area contributed by atoms with E-state index in [0.717, 1.165) is 25.0 Å². The van der Waals surface area contributed by atoms with E-state index in [1.807, 2.05) is 0 Å². The van der Waals surface area contributed by atoms with Gasteiger partial charge in [0.05, 0.1) is 29.7 Å². The van der Waals surface area contributed by atoms with Gasteiger partial charge in [0.2, 0.25) is 5.95 Å². The Balaban J connectivity index is 1.79. The summed E-state index contributed by atoms with van der Waals surface area (Å²) in [6.45, 7) is 1.66. The van der Waals surface area contributed by atoms with Crippen LogP contribution < -0.4 is 15.4 Å². The van der Waals surface area contributed by atoms with Crippen LogP contribution in [0.1, 0.15) is 55.1 Å². The summed E-state index contributed by atoms with van der Waals surface area (Å²) in [5.74, 6) is 1.73. The molecule has 1 aromatic carbocycles. The number of hydrogen-bond donors (Lipinski definition) is 2. The van der Waals surface area contributed by atoms with E-state index in [9.17, 15) is 9.59 Å². The molecular weight excluding hydrogens is 416 g/mol. The Morgan fingerprint density at radius 2 is 1.97 bits per heavy atom. The van der Waals surface area contributed by atoms with Crippen LogP contribution in [0, 0.1) is 11.8 Å². The van der Waals surface area contributed by atoms with Gasteiger partial charge in [-0.05, 0) is 56.2 Å². The summed E-state index contributed by atoms with van der Waals surface area (Å²) < 4.78 is 5.42. The Morgan fingerprint density at radius 3 is 2.65 bits per heavy atom. The minimum atomic E-state index is -0.192. The summed E-state index contributed by atoms with van der Waals surface area (Å²) >= 11 is 6.41. The minimum absolute atomic E-state index is 0.192. The van der Waals surface area contributed by atoms with Gasteiger partial charge >= 0.3 is 0 Å². The number of carbonyl (C=O) groups is 2. The van der Waals surface area contributed by atoms with Crippen LogP contribution in [-0.4, -0.2) is 35.8 Å². The minimum Gasteiger partial charge on any atom is -0.495 e. The summed E-state index contributed by atoms with van der Waals surface area (Å²) in [4.78, 5) is 32.5. The monoisotopic (exact) mass is 444 g/mol. The average molecular weight is 445 g/mol. The lowest BCUT2D eigenvalue weighted by molar-refractivity contribution is -0.118. The highest BCUT2D eigenvalue weighted by Crippen LogP contribution is 2.36.